The molecule has 0 radical (unpaired) electrons. The minimum absolute atomic E-state index is 0.357. The summed E-state index contributed by atoms with van der Waals surface area (Å²) in [6.07, 6.45) is 5.95. The number of anilines is 3. The second kappa shape index (κ2) is 10.4. The van der Waals surface area contributed by atoms with Crippen LogP contribution in [0.1, 0.15) is 25.7 Å². The molecule has 6 nitrogen and oxygen atoms in total. The fraction of sp³-hybridized carbons (Fsp3) is 0.421. The zero-order valence-electron chi connectivity index (χ0n) is 16.2. The van der Waals surface area contributed by atoms with E-state index < -0.39 is 0 Å². The molecule has 0 bridgehead atoms. The molecule has 0 amide bonds. The van der Waals surface area contributed by atoms with Crippen LogP contribution in [0.25, 0.3) is 0 Å². The first-order chi connectivity index (χ1) is 13.8. The van der Waals surface area contributed by atoms with Crippen LogP contribution in [-0.4, -0.2) is 41.3 Å². The van der Waals surface area contributed by atoms with E-state index in [1.54, 1.807) is 6.20 Å². The lowest BCUT2D eigenvalue weighted by molar-refractivity contribution is 0.387. The van der Waals surface area contributed by atoms with Crippen LogP contribution in [0.15, 0.2) is 37.8 Å². The maximum atomic E-state index is 5.53. The highest BCUT2D eigenvalue weighted by molar-refractivity contribution is 9.11. The Morgan fingerprint density at radius 2 is 1.69 bits per heavy atom. The van der Waals surface area contributed by atoms with Crippen LogP contribution < -0.4 is 20.9 Å². The lowest BCUT2D eigenvalue weighted by atomic mass is 9.91. The number of hydrogen-bond acceptors (Lipinski definition) is 5. The summed E-state index contributed by atoms with van der Waals surface area (Å²) in [6, 6.07) is 6.61. The van der Waals surface area contributed by atoms with E-state index in [9.17, 15) is 0 Å². The van der Waals surface area contributed by atoms with E-state index in [1.165, 1.54) is 0 Å². The molecule has 0 spiro atoms. The number of aromatic nitrogens is 2. The molecule has 2 aromatic rings. The molecule has 3 rings (SSSR count). The molecular weight excluding hydrogens is 584 g/mol. The minimum atomic E-state index is 0.357. The van der Waals surface area contributed by atoms with Gasteiger partial charge in [-0.25, -0.2) is 4.98 Å². The number of hydrogen-bond donors (Lipinski definition) is 3. The van der Waals surface area contributed by atoms with Gasteiger partial charge in [0.25, 0.3) is 0 Å². The predicted molar refractivity (Wildman–Crippen MR) is 135 cm³/mol. The van der Waals surface area contributed by atoms with Gasteiger partial charge in [0.2, 0.25) is 5.95 Å². The average Bonchev–Trinajstić information content (AvgIpc) is 2.66. The fourth-order valence-corrected chi connectivity index (χ4v) is 5.95. The standard InChI is InChI=1S/C19H23Br3N6S/c1-28(2)16-7-8-23-18(26-16)24-12-3-5-13(6-4-12)25-19(29)27-17-14(21)9-11(20)10-15(17)22/h7-10,12-13H,3-6H2,1-2H3,(H,23,24,26)(H2,25,27,29)/t12-,13+. The number of nitrogens with one attached hydrogen (secondary N) is 3. The summed E-state index contributed by atoms with van der Waals surface area (Å²) in [7, 11) is 3.95. The van der Waals surface area contributed by atoms with Crippen molar-refractivity contribution in [2.75, 3.05) is 29.6 Å². The maximum Gasteiger partial charge on any atom is 0.224 e. The van der Waals surface area contributed by atoms with Gasteiger partial charge in [-0.05, 0) is 88.0 Å². The largest absolute Gasteiger partial charge is 0.363 e. The molecule has 1 heterocycles. The summed E-state index contributed by atoms with van der Waals surface area (Å²) in [5.74, 6) is 1.59. The van der Waals surface area contributed by atoms with Gasteiger partial charge in [0.1, 0.15) is 5.82 Å². The van der Waals surface area contributed by atoms with Crippen LogP contribution in [0.5, 0.6) is 0 Å². The molecule has 29 heavy (non-hydrogen) atoms. The Labute approximate surface area is 202 Å². The van der Waals surface area contributed by atoms with Crippen molar-refractivity contribution in [1.29, 1.82) is 0 Å². The number of nitrogens with zero attached hydrogens (tertiary/aromatic N) is 3. The van der Waals surface area contributed by atoms with E-state index in [1.807, 2.05) is 37.2 Å². The van der Waals surface area contributed by atoms with Crippen LogP contribution in [0.4, 0.5) is 17.5 Å². The van der Waals surface area contributed by atoms with Gasteiger partial charge in [0.05, 0.1) is 5.69 Å². The van der Waals surface area contributed by atoms with Crippen LogP contribution in [0, 0.1) is 0 Å². The Morgan fingerprint density at radius 3 is 2.31 bits per heavy atom. The van der Waals surface area contributed by atoms with E-state index in [4.69, 9.17) is 12.2 Å². The van der Waals surface area contributed by atoms with E-state index in [0.717, 1.165) is 50.6 Å². The van der Waals surface area contributed by atoms with Crippen molar-refractivity contribution in [3.8, 4) is 0 Å². The molecule has 1 aliphatic carbocycles. The molecule has 0 atom stereocenters. The summed E-state index contributed by atoms with van der Waals surface area (Å²) >= 11 is 16.1. The highest BCUT2D eigenvalue weighted by atomic mass is 79.9. The molecule has 10 heteroatoms. The second-order valence-electron chi connectivity index (χ2n) is 7.17. The Bertz CT molecular complexity index is 848. The van der Waals surface area contributed by atoms with Crippen molar-refractivity contribution >= 4 is 82.6 Å². The Hall–Kier alpha value is -0.970. The quantitative estimate of drug-likeness (QED) is 0.386. The number of halogens is 3. The summed E-state index contributed by atoms with van der Waals surface area (Å²) in [5, 5.41) is 10.8. The van der Waals surface area contributed by atoms with Crippen LogP contribution in [0.3, 0.4) is 0 Å². The van der Waals surface area contributed by atoms with E-state index in [2.05, 4.69) is 73.7 Å². The molecule has 1 fully saturated rings. The highest BCUT2D eigenvalue weighted by Crippen LogP contribution is 2.34. The van der Waals surface area contributed by atoms with Crippen molar-refractivity contribution in [1.82, 2.24) is 15.3 Å². The van der Waals surface area contributed by atoms with Gasteiger partial charge in [-0.2, -0.15) is 4.98 Å². The van der Waals surface area contributed by atoms with E-state index >= 15 is 0 Å². The summed E-state index contributed by atoms with van der Waals surface area (Å²) in [5.41, 5.74) is 0.916. The number of thiocarbonyl (C=S) groups is 1. The third-order valence-electron chi connectivity index (χ3n) is 4.74. The molecule has 1 saturated carbocycles. The van der Waals surface area contributed by atoms with Crippen molar-refractivity contribution < 1.29 is 0 Å². The van der Waals surface area contributed by atoms with Gasteiger partial charge in [0, 0.05) is 45.8 Å². The first-order valence-electron chi connectivity index (χ1n) is 9.31. The van der Waals surface area contributed by atoms with Gasteiger partial charge >= 0.3 is 0 Å². The molecule has 0 aliphatic heterocycles. The van der Waals surface area contributed by atoms with E-state index in [-0.39, 0.29) is 0 Å². The normalized spacial score (nSPS) is 18.8. The zero-order chi connectivity index (χ0) is 21.0. The van der Waals surface area contributed by atoms with E-state index in [0.29, 0.717) is 23.1 Å². The molecule has 0 unspecified atom stereocenters. The fourth-order valence-electron chi connectivity index (χ4n) is 3.23. The van der Waals surface area contributed by atoms with Gasteiger partial charge in [0.15, 0.2) is 5.11 Å². The number of rotatable bonds is 5. The summed E-state index contributed by atoms with van der Waals surface area (Å²) < 4.78 is 2.87. The first-order valence-corrected chi connectivity index (χ1v) is 12.1. The summed E-state index contributed by atoms with van der Waals surface area (Å²) in [4.78, 5) is 10.9. The third-order valence-corrected chi connectivity index (χ3v) is 6.67. The summed E-state index contributed by atoms with van der Waals surface area (Å²) in [6.45, 7) is 0. The Morgan fingerprint density at radius 1 is 1.07 bits per heavy atom. The number of benzene rings is 1. The van der Waals surface area contributed by atoms with Gasteiger partial charge in [-0.15, -0.1) is 0 Å². The monoisotopic (exact) mass is 604 g/mol. The highest BCUT2D eigenvalue weighted by Gasteiger charge is 2.22. The van der Waals surface area contributed by atoms with Crippen LogP contribution >= 0.6 is 60.0 Å². The average molecular weight is 607 g/mol. The minimum Gasteiger partial charge on any atom is -0.363 e. The smallest absolute Gasteiger partial charge is 0.224 e. The maximum absolute atomic E-state index is 5.53. The molecule has 0 saturated heterocycles. The molecule has 1 aromatic carbocycles. The Kier molecular flexibility index (Phi) is 8.12. The Balaban J connectivity index is 1.48. The van der Waals surface area contributed by atoms with Crippen molar-refractivity contribution in [2.45, 2.75) is 37.8 Å². The molecule has 1 aromatic heterocycles. The van der Waals surface area contributed by atoms with Crippen molar-refractivity contribution in [3.63, 3.8) is 0 Å². The van der Waals surface area contributed by atoms with Gasteiger partial charge in [-0.3, -0.25) is 0 Å². The van der Waals surface area contributed by atoms with Gasteiger partial charge < -0.3 is 20.9 Å². The van der Waals surface area contributed by atoms with Crippen molar-refractivity contribution in [3.05, 3.63) is 37.8 Å². The predicted octanol–water partition coefficient (Wildman–Crippen LogP) is 5.54. The molecule has 1 aliphatic rings. The molecule has 3 N–H and O–H groups in total. The third kappa shape index (κ3) is 6.50. The molecule has 156 valence electrons. The lowest BCUT2D eigenvalue weighted by Gasteiger charge is -2.30. The zero-order valence-corrected chi connectivity index (χ0v) is 21.8. The van der Waals surface area contributed by atoms with Crippen molar-refractivity contribution in [2.24, 2.45) is 0 Å². The topological polar surface area (TPSA) is 65.1 Å². The SMILES string of the molecule is CN(C)c1ccnc(N[C@H]2CC[C@@H](NC(=S)Nc3c(Br)cc(Br)cc3Br)CC2)n1. The van der Waals surface area contributed by atoms with Gasteiger partial charge in [-0.1, -0.05) is 15.9 Å². The van der Waals surface area contributed by atoms with Crippen LogP contribution in [0.2, 0.25) is 0 Å². The lowest BCUT2D eigenvalue weighted by Crippen LogP contribution is -2.42. The first kappa shape index (κ1) is 22.7. The second-order valence-corrected chi connectivity index (χ2v) is 10.2. The molecular formula is C19H23Br3N6S. The van der Waals surface area contributed by atoms with Crippen LogP contribution in [-0.2, 0) is 0 Å².